The summed E-state index contributed by atoms with van der Waals surface area (Å²) in [5.74, 6) is 1.11. The van der Waals surface area contributed by atoms with Gasteiger partial charge in [-0.1, -0.05) is 6.92 Å². The molecule has 7 nitrogen and oxygen atoms in total. The van der Waals surface area contributed by atoms with E-state index in [-0.39, 0.29) is 18.5 Å². The largest absolute Gasteiger partial charge is 0.384 e. The summed E-state index contributed by atoms with van der Waals surface area (Å²) < 4.78 is 1.49. The Morgan fingerprint density at radius 3 is 2.80 bits per heavy atom. The van der Waals surface area contributed by atoms with Crippen LogP contribution in [0.15, 0.2) is 12.3 Å². The standard InChI is InChI=1S/C13H20N6O/c1-4-10(13-15-6-9(3)16-13)17-12(20)7-19-11(14)5-8(2)18-19/h5-6,10H,4,7,14H2,1-3H3,(H,15,16)(H,17,20). The van der Waals surface area contributed by atoms with Gasteiger partial charge in [0.1, 0.15) is 18.2 Å². The summed E-state index contributed by atoms with van der Waals surface area (Å²) in [6.45, 7) is 5.87. The zero-order valence-electron chi connectivity index (χ0n) is 12.0. The second-order valence-corrected chi connectivity index (χ2v) is 4.85. The van der Waals surface area contributed by atoms with Gasteiger partial charge in [0.15, 0.2) is 0 Å². The topological polar surface area (TPSA) is 102 Å². The summed E-state index contributed by atoms with van der Waals surface area (Å²) in [7, 11) is 0. The number of aromatic nitrogens is 4. The van der Waals surface area contributed by atoms with Crippen LogP contribution in [-0.2, 0) is 11.3 Å². The molecule has 108 valence electrons. The monoisotopic (exact) mass is 276 g/mol. The van der Waals surface area contributed by atoms with E-state index in [1.165, 1.54) is 4.68 Å². The highest BCUT2D eigenvalue weighted by Gasteiger charge is 2.16. The minimum Gasteiger partial charge on any atom is -0.384 e. The van der Waals surface area contributed by atoms with Crippen LogP contribution in [0, 0.1) is 13.8 Å². The molecular formula is C13H20N6O. The van der Waals surface area contributed by atoms with Crippen LogP contribution < -0.4 is 11.1 Å². The lowest BCUT2D eigenvalue weighted by molar-refractivity contribution is -0.122. The van der Waals surface area contributed by atoms with Gasteiger partial charge in [0.25, 0.3) is 0 Å². The van der Waals surface area contributed by atoms with Crippen molar-refractivity contribution in [2.24, 2.45) is 0 Å². The van der Waals surface area contributed by atoms with Gasteiger partial charge in [-0.3, -0.25) is 4.79 Å². The van der Waals surface area contributed by atoms with Gasteiger partial charge in [0.05, 0.1) is 11.7 Å². The van der Waals surface area contributed by atoms with Gasteiger partial charge >= 0.3 is 0 Å². The highest BCUT2D eigenvalue weighted by Crippen LogP contribution is 2.13. The van der Waals surface area contributed by atoms with E-state index in [9.17, 15) is 4.79 Å². The van der Waals surface area contributed by atoms with Gasteiger partial charge < -0.3 is 16.0 Å². The van der Waals surface area contributed by atoms with E-state index in [1.54, 1.807) is 12.3 Å². The third kappa shape index (κ3) is 3.17. The Bertz CT molecular complexity index is 600. The molecule has 0 saturated heterocycles. The Hall–Kier alpha value is -2.31. The molecule has 2 heterocycles. The molecule has 7 heteroatoms. The highest BCUT2D eigenvalue weighted by atomic mass is 16.2. The Kier molecular flexibility index (Phi) is 4.07. The number of carbonyl (C=O) groups is 1. The van der Waals surface area contributed by atoms with Crippen LogP contribution in [0.25, 0.3) is 0 Å². The van der Waals surface area contributed by atoms with E-state index in [0.717, 1.165) is 23.6 Å². The van der Waals surface area contributed by atoms with E-state index < -0.39 is 0 Å². The SMILES string of the molecule is CCC(NC(=O)Cn1nc(C)cc1N)c1ncc(C)[nH]1. The van der Waals surface area contributed by atoms with Crippen molar-refractivity contribution in [2.75, 3.05) is 5.73 Å². The number of nitrogen functional groups attached to an aromatic ring is 1. The molecule has 0 aromatic carbocycles. The molecule has 0 saturated carbocycles. The summed E-state index contributed by atoms with van der Waals surface area (Å²) in [4.78, 5) is 19.4. The molecule has 0 fully saturated rings. The second kappa shape index (κ2) is 5.77. The summed E-state index contributed by atoms with van der Waals surface area (Å²) in [5, 5.41) is 7.10. The van der Waals surface area contributed by atoms with E-state index >= 15 is 0 Å². The second-order valence-electron chi connectivity index (χ2n) is 4.85. The van der Waals surface area contributed by atoms with Gasteiger partial charge in [-0.15, -0.1) is 0 Å². The molecule has 0 aliphatic carbocycles. The first kappa shape index (κ1) is 14.1. The number of rotatable bonds is 5. The molecule has 0 radical (unpaired) electrons. The number of amides is 1. The Morgan fingerprint density at radius 2 is 2.30 bits per heavy atom. The normalized spacial score (nSPS) is 12.3. The van der Waals surface area contributed by atoms with Crippen molar-refractivity contribution in [3.63, 3.8) is 0 Å². The number of anilines is 1. The number of nitrogens with two attached hydrogens (primary N) is 1. The molecule has 0 aliphatic rings. The molecule has 0 spiro atoms. The molecule has 2 aromatic heterocycles. The maximum absolute atomic E-state index is 12.1. The van der Waals surface area contributed by atoms with Crippen molar-refractivity contribution in [1.82, 2.24) is 25.1 Å². The fraction of sp³-hybridized carbons (Fsp3) is 0.462. The quantitative estimate of drug-likeness (QED) is 0.760. The van der Waals surface area contributed by atoms with Crippen molar-refractivity contribution in [3.05, 3.63) is 29.5 Å². The molecule has 2 aromatic rings. The number of carbonyl (C=O) groups excluding carboxylic acids is 1. The van der Waals surface area contributed by atoms with Gasteiger partial charge in [-0.2, -0.15) is 5.10 Å². The first-order valence-electron chi connectivity index (χ1n) is 6.60. The van der Waals surface area contributed by atoms with Crippen molar-refractivity contribution in [1.29, 1.82) is 0 Å². The predicted octanol–water partition coefficient (Wildman–Crippen LogP) is 1.07. The highest BCUT2D eigenvalue weighted by molar-refractivity contribution is 5.76. The van der Waals surface area contributed by atoms with Crippen LogP contribution >= 0.6 is 0 Å². The fourth-order valence-electron chi connectivity index (χ4n) is 2.04. The molecule has 20 heavy (non-hydrogen) atoms. The lowest BCUT2D eigenvalue weighted by Crippen LogP contribution is -2.32. The minimum atomic E-state index is -0.138. The molecule has 1 unspecified atom stereocenters. The number of hydrogen-bond donors (Lipinski definition) is 3. The van der Waals surface area contributed by atoms with Crippen molar-refractivity contribution >= 4 is 11.7 Å². The maximum Gasteiger partial charge on any atom is 0.242 e. The number of hydrogen-bond acceptors (Lipinski definition) is 4. The number of H-pyrrole nitrogens is 1. The molecule has 0 bridgehead atoms. The van der Waals surface area contributed by atoms with Gasteiger partial charge in [0, 0.05) is 18.0 Å². The first-order valence-corrected chi connectivity index (χ1v) is 6.60. The van der Waals surface area contributed by atoms with E-state index in [2.05, 4.69) is 20.4 Å². The maximum atomic E-state index is 12.1. The summed E-state index contributed by atoms with van der Waals surface area (Å²) in [5.41, 5.74) is 7.54. The number of nitrogens with zero attached hydrogens (tertiary/aromatic N) is 3. The van der Waals surface area contributed by atoms with Crippen LogP contribution in [0.1, 0.15) is 36.6 Å². The Morgan fingerprint density at radius 1 is 1.55 bits per heavy atom. The van der Waals surface area contributed by atoms with E-state index in [4.69, 9.17) is 5.73 Å². The van der Waals surface area contributed by atoms with Crippen LogP contribution in [-0.4, -0.2) is 25.7 Å². The molecular weight excluding hydrogens is 256 g/mol. The average molecular weight is 276 g/mol. The van der Waals surface area contributed by atoms with Crippen LogP contribution in [0.3, 0.4) is 0 Å². The molecule has 4 N–H and O–H groups in total. The first-order chi connectivity index (χ1) is 9.49. The smallest absolute Gasteiger partial charge is 0.242 e. The average Bonchev–Trinajstić information content (AvgIpc) is 2.93. The van der Waals surface area contributed by atoms with Crippen molar-refractivity contribution in [2.45, 2.75) is 39.8 Å². The zero-order chi connectivity index (χ0) is 14.7. The number of nitrogens with one attached hydrogen (secondary N) is 2. The predicted molar refractivity (Wildman–Crippen MR) is 75.9 cm³/mol. The van der Waals surface area contributed by atoms with Crippen LogP contribution in [0.2, 0.25) is 0 Å². The van der Waals surface area contributed by atoms with Gasteiger partial charge in [-0.05, 0) is 20.3 Å². The van der Waals surface area contributed by atoms with Gasteiger partial charge in [-0.25, -0.2) is 9.67 Å². The molecule has 0 aliphatic heterocycles. The number of aryl methyl sites for hydroxylation is 2. The van der Waals surface area contributed by atoms with Crippen LogP contribution in [0.5, 0.6) is 0 Å². The minimum absolute atomic E-state index is 0.107. The fourth-order valence-corrected chi connectivity index (χ4v) is 2.04. The molecule has 2 rings (SSSR count). The number of aromatic amines is 1. The number of imidazole rings is 1. The van der Waals surface area contributed by atoms with E-state index in [0.29, 0.717) is 5.82 Å². The van der Waals surface area contributed by atoms with Crippen molar-refractivity contribution < 1.29 is 4.79 Å². The van der Waals surface area contributed by atoms with Gasteiger partial charge in [0.2, 0.25) is 5.91 Å². The van der Waals surface area contributed by atoms with Crippen LogP contribution in [0.4, 0.5) is 5.82 Å². The Labute approximate surface area is 117 Å². The molecule has 1 atom stereocenters. The van der Waals surface area contributed by atoms with Crippen molar-refractivity contribution in [3.8, 4) is 0 Å². The molecule has 1 amide bonds. The third-order valence-electron chi connectivity index (χ3n) is 3.02. The zero-order valence-corrected chi connectivity index (χ0v) is 12.0. The third-order valence-corrected chi connectivity index (χ3v) is 3.02. The summed E-state index contributed by atoms with van der Waals surface area (Å²) >= 11 is 0. The summed E-state index contributed by atoms with van der Waals surface area (Å²) in [6.07, 6.45) is 2.51. The summed E-state index contributed by atoms with van der Waals surface area (Å²) in [6, 6.07) is 1.61. The lowest BCUT2D eigenvalue weighted by atomic mass is 10.2. The van der Waals surface area contributed by atoms with E-state index in [1.807, 2.05) is 20.8 Å². The Balaban J connectivity index is 2.01. The lowest BCUT2D eigenvalue weighted by Gasteiger charge is -2.15.